The van der Waals surface area contributed by atoms with Crippen molar-refractivity contribution in [3.63, 3.8) is 0 Å². The average molecular weight is 314 g/mol. The largest absolute Gasteiger partial charge is 0.384 e. The van der Waals surface area contributed by atoms with Crippen LogP contribution in [0.4, 0.5) is 5.82 Å². The maximum Gasteiger partial charge on any atom is 0.333 e. The predicted molar refractivity (Wildman–Crippen MR) is 91.6 cm³/mol. The Kier molecular flexibility index (Phi) is 4.32. The molecule has 6 heteroatoms. The summed E-state index contributed by atoms with van der Waals surface area (Å²) in [5, 5.41) is 0.453. The van der Waals surface area contributed by atoms with Gasteiger partial charge in [-0.2, -0.15) is 0 Å². The van der Waals surface area contributed by atoms with Crippen molar-refractivity contribution in [3.8, 4) is 0 Å². The zero-order chi connectivity index (χ0) is 16.4. The monoisotopic (exact) mass is 314 g/mol. The summed E-state index contributed by atoms with van der Waals surface area (Å²) in [6.07, 6.45) is 8.74. The molecule has 0 bridgehead atoms. The summed E-state index contributed by atoms with van der Waals surface area (Å²) in [7, 11) is 0. The van der Waals surface area contributed by atoms with Crippen LogP contribution in [-0.4, -0.2) is 14.1 Å². The third-order valence-electron chi connectivity index (χ3n) is 4.33. The van der Waals surface area contributed by atoms with Crippen molar-refractivity contribution in [2.45, 2.75) is 51.6 Å². The number of unbranched alkanes of at least 4 members (excludes halogenated alkanes) is 1. The lowest BCUT2D eigenvalue weighted by molar-refractivity contribution is 0.474. The quantitative estimate of drug-likeness (QED) is 0.877. The number of fused-ring (bicyclic) bond motifs is 1. The Bertz CT molecular complexity index is 863. The van der Waals surface area contributed by atoms with Crippen LogP contribution < -0.4 is 17.0 Å². The molecule has 0 amide bonds. The molecule has 1 aliphatic carbocycles. The molecule has 23 heavy (non-hydrogen) atoms. The molecule has 2 N–H and O–H groups in total. The summed E-state index contributed by atoms with van der Waals surface area (Å²) in [6.45, 7) is 2.47. The molecule has 0 fully saturated rings. The first-order chi connectivity index (χ1) is 11.1. The van der Waals surface area contributed by atoms with E-state index in [0.29, 0.717) is 23.4 Å². The van der Waals surface area contributed by atoms with E-state index in [4.69, 9.17) is 5.73 Å². The van der Waals surface area contributed by atoms with E-state index in [1.807, 2.05) is 13.0 Å². The van der Waals surface area contributed by atoms with Crippen molar-refractivity contribution in [3.05, 3.63) is 45.1 Å². The van der Waals surface area contributed by atoms with Gasteiger partial charge in [0.15, 0.2) is 5.65 Å². The third-order valence-corrected chi connectivity index (χ3v) is 4.33. The van der Waals surface area contributed by atoms with Crippen LogP contribution in [0.3, 0.4) is 0 Å². The van der Waals surface area contributed by atoms with Gasteiger partial charge in [0, 0.05) is 6.54 Å². The van der Waals surface area contributed by atoms with E-state index >= 15 is 0 Å². The number of allylic oxidation sites excluding steroid dienone is 2. The standard InChI is InChI=1S/C17H22N4O2/c1-2-3-11-20-16(22)13-9-10-14(18)19-15(13)21(17(20)23)12-7-5-4-6-8-12/h5,7,9-10,12H,2-4,6,8,11H2,1H3,(H2,18,19). The van der Waals surface area contributed by atoms with Gasteiger partial charge in [0.05, 0.1) is 11.4 Å². The highest BCUT2D eigenvalue weighted by Crippen LogP contribution is 2.23. The van der Waals surface area contributed by atoms with Gasteiger partial charge in [-0.05, 0) is 37.8 Å². The second-order valence-corrected chi connectivity index (χ2v) is 6.00. The Hall–Kier alpha value is -2.37. The van der Waals surface area contributed by atoms with Crippen LogP contribution in [0.5, 0.6) is 0 Å². The van der Waals surface area contributed by atoms with Crippen molar-refractivity contribution >= 4 is 16.9 Å². The molecule has 122 valence electrons. The van der Waals surface area contributed by atoms with Crippen molar-refractivity contribution in [2.75, 3.05) is 5.73 Å². The summed E-state index contributed by atoms with van der Waals surface area (Å²) in [6, 6.07) is 3.21. The Labute approximate surface area is 134 Å². The van der Waals surface area contributed by atoms with Crippen molar-refractivity contribution in [1.29, 1.82) is 0 Å². The first-order valence-electron chi connectivity index (χ1n) is 8.21. The highest BCUT2D eigenvalue weighted by Gasteiger charge is 2.20. The molecular weight excluding hydrogens is 292 g/mol. The van der Waals surface area contributed by atoms with Crippen molar-refractivity contribution in [2.24, 2.45) is 0 Å². The molecule has 1 aliphatic rings. The SMILES string of the molecule is CCCCn1c(=O)c2ccc(N)nc2n(C2C=CCCC2)c1=O. The molecule has 6 nitrogen and oxygen atoms in total. The molecule has 0 saturated carbocycles. The topological polar surface area (TPSA) is 82.9 Å². The molecule has 1 atom stereocenters. The summed E-state index contributed by atoms with van der Waals surface area (Å²) in [5.41, 5.74) is 5.62. The molecule has 2 aromatic heterocycles. The van der Waals surface area contributed by atoms with Gasteiger partial charge in [-0.3, -0.25) is 13.9 Å². The number of rotatable bonds is 4. The first-order valence-corrected chi connectivity index (χ1v) is 8.21. The number of pyridine rings is 1. The number of nitrogens with two attached hydrogens (primary N) is 1. The minimum atomic E-state index is -0.286. The van der Waals surface area contributed by atoms with Gasteiger partial charge >= 0.3 is 5.69 Å². The number of aromatic nitrogens is 3. The van der Waals surface area contributed by atoms with Gasteiger partial charge in [0.2, 0.25) is 0 Å². The van der Waals surface area contributed by atoms with Gasteiger partial charge in [0.25, 0.3) is 5.56 Å². The van der Waals surface area contributed by atoms with E-state index in [1.54, 1.807) is 16.7 Å². The minimum Gasteiger partial charge on any atom is -0.384 e. The van der Waals surface area contributed by atoms with E-state index in [1.165, 1.54) is 4.57 Å². The van der Waals surface area contributed by atoms with Crippen molar-refractivity contribution in [1.82, 2.24) is 14.1 Å². The van der Waals surface area contributed by atoms with Crippen molar-refractivity contribution < 1.29 is 0 Å². The maximum absolute atomic E-state index is 12.9. The Morgan fingerprint density at radius 1 is 1.35 bits per heavy atom. The smallest absolute Gasteiger partial charge is 0.333 e. The normalized spacial score (nSPS) is 17.7. The lowest BCUT2D eigenvalue weighted by Gasteiger charge is -2.22. The third kappa shape index (κ3) is 2.81. The van der Waals surface area contributed by atoms with E-state index in [-0.39, 0.29) is 17.3 Å². The Morgan fingerprint density at radius 3 is 2.87 bits per heavy atom. The Balaban J connectivity index is 2.32. The molecule has 0 spiro atoms. The highest BCUT2D eigenvalue weighted by atomic mass is 16.2. The van der Waals surface area contributed by atoms with Gasteiger partial charge < -0.3 is 5.73 Å². The number of hydrogen-bond donors (Lipinski definition) is 1. The molecular formula is C17H22N4O2. The van der Waals surface area contributed by atoms with E-state index < -0.39 is 0 Å². The maximum atomic E-state index is 12.9. The van der Waals surface area contributed by atoms with E-state index in [2.05, 4.69) is 11.1 Å². The summed E-state index contributed by atoms with van der Waals surface area (Å²) in [5.74, 6) is 0.316. The minimum absolute atomic E-state index is 0.0680. The predicted octanol–water partition coefficient (Wildman–Crippen LogP) is 2.22. The van der Waals surface area contributed by atoms with E-state index in [0.717, 1.165) is 32.1 Å². The zero-order valence-electron chi connectivity index (χ0n) is 13.4. The second kappa shape index (κ2) is 6.40. The van der Waals surface area contributed by atoms with Crippen LogP contribution in [0.2, 0.25) is 0 Å². The second-order valence-electron chi connectivity index (χ2n) is 6.00. The summed E-state index contributed by atoms with van der Waals surface area (Å²) >= 11 is 0. The van der Waals surface area contributed by atoms with Crippen LogP contribution >= 0.6 is 0 Å². The summed E-state index contributed by atoms with van der Waals surface area (Å²) < 4.78 is 2.98. The molecule has 0 saturated heterocycles. The molecule has 1 unspecified atom stereocenters. The summed E-state index contributed by atoms with van der Waals surface area (Å²) in [4.78, 5) is 29.9. The van der Waals surface area contributed by atoms with Gasteiger partial charge in [-0.25, -0.2) is 9.78 Å². The average Bonchev–Trinajstić information content (AvgIpc) is 2.55. The van der Waals surface area contributed by atoms with Crippen LogP contribution in [0.1, 0.15) is 45.1 Å². The molecule has 0 aromatic carbocycles. The molecule has 2 aromatic rings. The zero-order valence-corrected chi connectivity index (χ0v) is 13.4. The lowest BCUT2D eigenvalue weighted by atomic mass is 10.0. The number of nitrogen functional groups attached to an aromatic ring is 1. The van der Waals surface area contributed by atoms with Gasteiger partial charge in [0.1, 0.15) is 5.82 Å². The van der Waals surface area contributed by atoms with Crippen LogP contribution in [0.15, 0.2) is 33.9 Å². The van der Waals surface area contributed by atoms with E-state index in [9.17, 15) is 9.59 Å². The molecule has 2 heterocycles. The number of anilines is 1. The fourth-order valence-corrected chi connectivity index (χ4v) is 3.09. The van der Waals surface area contributed by atoms with Gasteiger partial charge in [-0.1, -0.05) is 25.5 Å². The van der Waals surface area contributed by atoms with Gasteiger partial charge in [-0.15, -0.1) is 0 Å². The fourth-order valence-electron chi connectivity index (χ4n) is 3.09. The molecule has 0 radical (unpaired) electrons. The van der Waals surface area contributed by atoms with Crippen LogP contribution in [0, 0.1) is 0 Å². The number of nitrogens with zero attached hydrogens (tertiary/aromatic N) is 3. The number of hydrogen-bond acceptors (Lipinski definition) is 4. The molecule has 0 aliphatic heterocycles. The molecule has 3 rings (SSSR count). The Morgan fingerprint density at radius 2 is 2.17 bits per heavy atom. The van der Waals surface area contributed by atoms with Crippen LogP contribution in [-0.2, 0) is 6.54 Å². The highest BCUT2D eigenvalue weighted by molar-refractivity contribution is 5.75. The van der Waals surface area contributed by atoms with Crippen LogP contribution in [0.25, 0.3) is 11.0 Å². The fraction of sp³-hybridized carbons (Fsp3) is 0.471. The lowest BCUT2D eigenvalue weighted by Crippen LogP contribution is -2.41. The first kappa shape index (κ1) is 15.5.